The largest absolute Gasteiger partial charge is 0.497 e. The van der Waals surface area contributed by atoms with Crippen LogP contribution in [0.4, 0.5) is 0 Å². The lowest BCUT2D eigenvalue weighted by molar-refractivity contribution is 0.375. The van der Waals surface area contributed by atoms with Gasteiger partial charge >= 0.3 is 0 Å². The molecule has 0 spiro atoms. The molecule has 2 aromatic heterocycles. The van der Waals surface area contributed by atoms with Crippen molar-refractivity contribution in [1.29, 1.82) is 0 Å². The molecule has 1 aromatic carbocycles. The second-order valence-corrected chi connectivity index (χ2v) is 5.16. The highest BCUT2D eigenvalue weighted by Gasteiger charge is 2.18. The molecular formula is C17H19N3O3. The van der Waals surface area contributed by atoms with Crippen LogP contribution in [0.25, 0.3) is 11.4 Å². The lowest BCUT2D eigenvalue weighted by Crippen LogP contribution is -1.96. The number of benzene rings is 1. The van der Waals surface area contributed by atoms with Crippen LogP contribution in [-0.2, 0) is 19.3 Å². The van der Waals surface area contributed by atoms with Crippen molar-refractivity contribution < 1.29 is 13.8 Å². The van der Waals surface area contributed by atoms with E-state index in [1.54, 1.807) is 7.11 Å². The summed E-state index contributed by atoms with van der Waals surface area (Å²) in [4.78, 5) is 4.48. The minimum absolute atomic E-state index is 0.535. The van der Waals surface area contributed by atoms with E-state index in [0.29, 0.717) is 18.1 Å². The molecule has 0 N–H and O–H groups in total. The van der Waals surface area contributed by atoms with Gasteiger partial charge in [-0.05, 0) is 18.6 Å². The molecule has 3 rings (SSSR count). The summed E-state index contributed by atoms with van der Waals surface area (Å²) < 4.78 is 16.0. The highest BCUT2D eigenvalue weighted by molar-refractivity contribution is 5.56. The summed E-state index contributed by atoms with van der Waals surface area (Å²) >= 11 is 0. The van der Waals surface area contributed by atoms with Crippen LogP contribution in [0.5, 0.6) is 5.75 Å². The van der Waals surface area contributed by atoms with Crippen molar-refractivity contribution in [3.05, 3.63) is 47.2 Å². The third-order valence-electron chi connectivity index (χ3n) is 3.73. The van der Waals surface area contributed by atoms with Crippen LogP contribution < -0.4 is 4.74 Å². The normalized spacial score (nSPS) is 10.9. The predicted octanol–water partition coefficient (Wildman–Crippen LogP) is 3.45. The molecule has 0 aliphatic carbocycles. The number of hydrogen-bond acceptors (Lipinski definition) is 6. The topological polar surface area (TPSA) is 74.2 Å². The minimum Gasteiger partial charge on any atom is -0.497 e. The van der Waals surface area contributed by atoms with Crippen LogP contribution in [0.15, 0.2) is 33.3 Å². The molecule has 2 heterocycles. The summed E-state index contributed by atoms with van der Waals surface area (Å²) in [7, 11) is 1.63. The first-order valence-electron chi connectivity index (χ1n) is 7.68. The van der Waals surface area contributed by atoms with Gasteiger partial charge in [0.2, 0.25) is 11.7 Å². The summed E-state index contributed by atoms with van der Waals surface area (Å²) in [5.74, 6) is 2.74. The number of nitrogens with zero attached hydrogens (tertiary/aromatic N) is 3. The molecule has 120 valence electrons. The number of hydrogen-bond donors (Lipinski definition) is 0. The van der Waals surface area contributed by atoms with Crippen LogP contribution in [0.2, 0.25) is 0 Å². The molecule has 0 radical (unpaired) electrons. The van der Waals surface area contributed by atoms with Gasteiger partial charge in [0, 0.05) is 17.5 Å². The van der Waals surface area contributed by atoms with Crippen LogP contribution in [0.1, 0.15) is 36.8 Å². The van der Waals surface area contributed by atoms with E-state index in [0.717, 1.165) is 41.2 Å². The van der Waals surface area contributed by atoms with Gasteiger partial charge in [-0.3, -0.25) is 0 Å². The Morgan fingerprint density at radius 2 is 1.96 bits per heavy atom. The molecule has 3 aromatic rings. The molecule has 0 aliphatic heterocycles. The maximum Gasteiger partial charge on any atom is 0.231 e. The van der Waals surface area contributed by atoms with Gasteiger partial charge in [0.15, 0.2) is 0 Å². The standard InChI is InChI=1S/C17H19N3O3/c1-4-14-13(15(5-2)22-19-14)10-16-18-17(20-23-16)11-7-6-8-12(9-11)21-3/h6-9H,4-5,10H2,1-3H3. The number of methoxy groups -OCH3 is 1. The predicted molar refractivity (Wildman–Crippen MR) is 84.4 cm³/mol. The van der Waals surface area contributed by atoms with Crippen molar-refractivity contribution in [2.75, 3.05) is 7.11 Å². The van der Waals surface area contributed by atoms with Gasteiger partial charge in [-0.1, -0.05) is 36.3 Å². The summed E-state index contributed by atoms with van der Waals surface area (Å²) in [6, 6.07) is 7.58. The molecule has 6 nitrogen and oxygen atoms in total. The molecule has 6 heteroatoms. The fraction of sp³-hybridized carbons (Fsp3) is 0.353. The molecule has 0 saturated heterocycles. The first-order valence-corrected chi connectivity index (χ1v) is 7.68. The van der Waals surface area contributed by atoms with E-state index in [-0.39, 0.29) is 0 Å². The Morgan fingerprint density at radius 3 is 2.70 bits per heavy atom. The van der Waals surface area contributed by atoms with E-state index in [1.807, 2.05) is 31.2 Å². The van der Waals surface area contributed by atoms with E-state index < -0.39 is 0 Å². The van der Waals surface area contributed by atoms with E-state index in [4.69, 9.17) is 13.8 Å². The average Bonchev–Trinajstić information content (AvgIpc) is 3.22. The Morgan fingerprint density at radius 1 is 1.09 bits per heavy atom. The van der Waals surface area contributed by atoms with Crippen LogP contribution in [-0.4, -0.2) is 22.4 Å². The van der Waals surface area contributed by atoms with E-state index in [9.17, 15) is 0 Å². The zero-order valence-electron chi connectivity index (χ0n) is 13.5. The summed E-state index contributed by atoms with van der Waals surface area (Å²) in [5, 5.41) is 8.17. The molecule has 0 saturated carbocycles. The first kappa shape index (κ1) is 15.3. The first-order chi connectivity index (χ1) is 11.2. The second-order valence-electron chi connectivity index (χ2n) is 5.16. The van der Waals surface area contributed by atoms with Gasteiger partial charge in [-0.25, -0.2) is 0 Å². The van der Waals surface area contributed by atoms with Gasteiger partial charge in [0.25, 0.3) is 0 Å². The number of ether oxygens (including phenoxy) is 1. The van der Waals surface area contributed by atoms with Gasteiger partial charge in [0.1, 0.15) is 11.5 Å². The Balaban J connectivity index is 1.86. The van der Waals surface area contributed by atoms with Crippen molar-refractivity contribution in [3.8, 4) is 17.1 Å². The summed E-state index contributed by atoms with van der Waals surface area (Å²) in [5.41, 5.74) is 2.86. The SMILES string of the molecule is CCc1noc(CC)c1Cc1nc(-c2cccc(OC)c2)no1. The van der Waals surface area contributed by atoms with Crippen molar-refractivity contribution in [2.45, 2.75) is 33.1 Å². The lowest BCUT2D eigenvalue weighted by atomic mass is 10.1. The van der Waals surface area contributed by atoms with Crippen molar-refractivity contribution in [2.24, 2.45) is 0 Å². The van der Waals surface area contributed by atoms with E-state index in [1.165, 1.54) is 0 Å². The van der Waals surface area contributed by atoms with Crippen molar-refractivity contribution in [3.63, 3.8) is 0 Å². The van der Waals surface area contributed by atoms with E-state index in [2.05, 4.69) is 22.2 Å². The highest BCUT2D eigenvalue weighted by atomic mass is 16.5. The third-order valence-corrected chi connectivity index (χ3v) is 3.73. The lowest BCUT2D eigenvalue weighted by Gasteiger charge is -2.00. The summed E-state index contributed by atoms with van der Waals surface area (Å²) in [6.07, 6.45) is 2.14. The van der Waals surface area contributed by atoms with Gasteiger partial charge in [0.05, 0.1) is 19.2 Å². The maximum absolute atomic E-state index is 5.39. The van der Waals surface area contributed by atoms with Crippen molar-refractivity contribution in [1.82, 2.24) is 15.3 Å². The van der Waals surface area contributed by atoms with Gasteiger partial charge in [-0.15, -0.1) is 0 Å². The fourth-order valence-electron chi connectivity index (χ4n) is 2.50. The molecule has 0 atom stereocenters. The zero-order chi connectivity index (χ0) is 16.2. The molecule has 0 fully saturated rings. The quantitative estimate of drug-likeness (QED) is 0.694. The van der Waals surface area contributed by atoms with Gasteiger partial charge in [-0.2, -0.15) is 4.98 Å². The molecule has 0 unspecified atom stereocenters. The number of rotatable bonds is 6. The van der Waals surface area contributed by atoms with Crippen molar-refractivity contribution >= 4 is 0 Å². The smallest absolute Gasteiger partial charge is 0.231 e. The molecular weight excluding hydrogens is 294 g/mol. The van der Waals surface area contributed by atoms with Crippen LogP contribution in [0, 0.1) is 0 Å². The van der Waals surface area contributed by atoms with E-state index >= 15 is 0 Å². The zero-order valence-corrected chi connectivity index (χ0v) is 13.5. The van der Waals surface area contributed by atoms with Gasteiger partial charge < -0.3 is 13.8 Å². The second kappa shape index (κ2) is 6.64. The average molecular weight is 313 g/mol. The molecule has 23 heavy (non-hydrogen) atoms. The molecule has 0 bridgehead atoms. The Kier molecular flexibility index (Phi) is 4.41. The molecule has 0 amide bonds. The molecule has 0 aliphatic rings. The number of aryl methyl sites for hydroxylation is 2. The monoisotopic (exact) mass is 313 g/mol. The third kappa shape index (κ3) is 3.11. The number of aromatic nitrogens is 3. The Labute approximate surface area is 134 Å². The van der Waals surface area contributed by atoms with Crippen LogP contribution >= 0.6 is 0 Å². The summed E-state index contributed by atoms with van der Waals surface area (Å²) in [6.45, 7) is 4.09. The van der Waals surface area contributed by atoms with Crippen LogP contribution in [0.3, 0.4) is 0 Å². The highest BCUT2D eigenvalue weighted by Crippen LogP contribution is 2.23. The Bertz CT molecular complexity index is 770. The maximum atomic E-state index is 5.39. The minimum atomic E-state index is 0.535. The fourth-order valence-corrected chi connectivity index (χ4v) is 2.50. The Hall–Kier alpha value is -2.63.